The Morgan fingerprint density at radius 2 is 2.29 bits per heavy atom. The predicted molar refractivity (Wildman–Crippen MR) is 62.5 cm³/mol. The van der Waals surface area contributed by atoms with Crippen LogP contribution in [0.25, 0.3) is 0 Å². The summed E-state index contributed by atoms with van der Waals surface area (Å²) in [6.07, 6.45) is 0.864. The van der Waals surface area contributed by atoms with Crippen molar-refractivity contribution in [1.29, 1.82) is 0 Å². The smallest absolute Gasteiger partial charge is 0.253 e. The van der Waals surface area contributed by atoms with Gasteiger partial charge in [-0.25, -0.2) is 4.39 Å². The second-order valence-corrected chi connectivity index (χ2v) is 4.40. The van der Waals surface area contributed by atoms with E-state index in [4.69, 9.17) is 4.74 Å². The van der Waals surface area contributed by atoms with Crippen LogP contribution < -0.4 is 0 Å². The highest BCUT2D eigenvalue weighted by atomic mass is 19.1. The standard InChI is InChI=1S/C13H16FNO2/c1-9-7-10(3-4-12(9)14)13(16)15(2)11-5-6-17-8-11/h3-4,7,11H,5-6,8H2,1-2H3. The maximum Gasteiger partial charge on any atom is 0.253 e. The Balaban J connectivity index is 2.15. The minimum atomic E-state index is -0.284. The number of amides is 1. The molecule has 1 aliphatic heterocycles. The van der Waals surface area contributed by atoms with Crippen LogP contribution in [0.5, 0.6) is 0 Å². The molecular formula is C13H16FNO2. The van der Waals surface area contributed by atoms with Crippen molar-refractivity contribution in [3.8, 4) is 0 Å². The van der Waals surface area contributed by atoms with E-state index in [-0.39, 0.29) is 17.8 Å². The summed E-state index contributed by atoms with van der Waals surface area (Å²) in [5.74, 6) is -0.364. The Morgan fingerprint density at radius 3 is 2.88 bits per heavy atom. The highest BCUT2D eigenvalue weighted by molar-refractivity contribution is 5.94. The first-order valence-corrected chi connectivity index (χ1v) is 5.70. The molecule has 92 valence electrons. The number of likely N-dealkylation sites (N-methyl/N-ethyl adjacent to an activating group) is 1. The van der Waals surface area contributed by atoms with Gasteiger partial charge < -0.3 is 9.64 Å². The van der Waals surface area contributed by atoms with Crippen LogP contribution in [0.15, 0.2) is 18.2 Å². The van der Waals surface area contributed by atoms with Crippen molar-refractivity contribution in [1.82, 2.24) is 4.90 Å². The van der Waals surface area contributed by atoms with Crippen LogP contribution in [0.4, 0.5) is 4.39 Å². The van der Waals surface area contributed by atoms with Crippen LogP contribution in [0.3, 0.4) is 0 Å². The van der Waals surface area contributed by atoms with E-state index in [0.29, 0.717) is 24.3 Å². The van der Waals surface area contributed by atoms with Gasteiger partial charge in [0.15, 0.2) is 0 Å². The summed E-state index contributed by atoms with van der Waals surface area (Å²) in [5.41, 5.74) is 1.02. The second-order valence-electron chi connectivity index (χ2n) is 4.40. The molecule has 1 aliphatic rings. The number of benzene rings is 1. The van der Waals surface area contributed by atoms with Crippen LogP contribution in [0.1, 0.15) is 22.3 Å². The molecule has 0 spiro atoms. The van der Waals surface area contributed by atoms with Gasteiger partial charge in [-0.15, -0.1) is 0 Å². The highest BCUT2D eigenvalue weighted by Gasteiger charge is 2.25. The first kappa shape index (κ1) is 12.0. The normalized spacial score (nSPS) is 19.4. The molecule has 1 amide bonds. The highest BCUT2D eigenvalue weighted by Crippen LogP contribution is 2.16. The van der Waals surface area contributed by atoms with Crippen LogP contribution in [-0.2, 0) is 4.74 Å². The molecule has 1 heterocycles. The van der Waals surface area contributed by atoms with Crippen molar-refractivity contribution in [3.63, 3.8) is 0 Å². The molecule has 1 aromatic rings. The molecule has 3 nitrogen and oxygen atoms in total. The molecule has 4 heteroatoms. The van der Waals surface area contributed by atoms with Gasteiger partial charge in [-0.1, -0.05) is 0 Å². The topological polar surface area (TPSA) is 29.5 Å². The summed E-state index contributed by atoms with van der Waals surface area (Å²) in [7, 11) is 1.76. The lowest BCUT2D eigenvalue weighted by Gasteiger charge is -2.23. The molecule has 2 rings (SSSR count). The van der Waals surface area contributed by atoms with Crippen molar-refractivity contribution in [2.75, 3.05) is 20.3 Å². The molecule has 1 atom stereocenters. The van der Waals surface area contributed by atoms with Crippen molar-refractivity contribution >= 4 is 5.91 Å². The third-order valence-electron chi connectivity index (χ3n) is 3.18. The van der Waals surface area contributed by atoms with Gasteiger partial charge in [-0.05, 0) is 37.1 Å². The third kappa shape index (κ3) is 2.47. The summed E-state index contributed by atoms with van der Waals surface area (Å²) in [5, 5.41) is 0. The molecule has 0 aliphatic carbocycles. The average molecular weight is 237 g/mol. The molecule has 0 radical (unpaired) electrons. The Bertz CT molecular complexity index is 427. The predicted octanol–water partition coefficient (Wildman–Crippen LogP) is 2.00. The average Bonchev–Trinajstić information content (AvgIpc) is 2.84. The minimum absolute atomic E-state index is 0.0800. The van der Waals surface area contributed by atoms with Gasteiger partial charge in [0.25, 0.3) is 5.91 Å². The number of ether oxygens (including phenoxy) is 1. The molecule has 1 aromatic carbocycles. The van der Waals surface area contributed by atoms with Gasteiger partial charge in [-0.3, -0.25) is 4.79 Å². The first-order valence-electron chi connectivity index (χ1n) is 5.70. The van der Waals surface area contributed by atoms with Crippen molar-refractivity contribution in [2.24, 2.45) is 0 Å². The molecule has 1 fully saturated rings. The Labute approximate surface area is 100 Å². The van der Waals surface area contributed by atoms with Gasteiger partial charge in [0.05, 0.1) is 12.6 Å². The van der Waals surface area contributed by atoms with Crippen molar-refractivity contribution in [3.05, 3.63) is 35.1 Å². The lowest BCUT2D eigenvalue weighted by Crippen LogP contribution is -2.37. The maximum absolute atomic E-state index is 13.1. The van der Waals surface area contributed by atoms with Crippen molar-refractivity contribution in [2.45, 2.75) is 19.4 Å². The van der Waals surface area contributed by atoms with Gasteiger partial charge >= 0.3 is 0 Å². The third-order valence-corrected chi connectivity index (χ3v) is 3.18. The zero-order valence-electron chi connectivity index (χ0n) is 10.1. The van der Waals surface area contributed by atoms with E-state index in [2.05, 4.69) is 0 Å². The lowest BCUT2D eigenvalue weighted by molar-refractivity contribution is 0.0711. The number of hydrogen-bond donors (Lipinski definition) is 0. The van der Waals surface area contributed by atoms with Gasteiger partial charge in [0.2, 0.25) is 0 Å². The molecule has 17 heavy (non-hydrogen) atoms. The lowest BCUT2D eigenvalue weighted by atomic mass is 10.1. The van der Waals surface area contributed by atoms with E-state index < -0.39 is 0 Å². The van der Waals surface area contributed by atoms with E-state index in [1.54, 1.807) is 24.9 Å². The quantitative estimate of drug-likeness (QED) is 0.787. The zero-order valence-corrected chi connectivity index (χ0v) is 10.1. The van der Waals surface area contributed by atoms with E-state index >= 15 is 0 Å². The van der Waals surface area contributed by atoms with Gasteiger partial charge in [0, 0.05) is 19.2 Å². The Hall–Kier alpha value is -1.42. The van der Waals surface area contributed by atoms with Crippen LogP contribution in [0, 0.1) is 12.7 Å². The number of aryl methyl sites for hydroxylation is 1. The fourth-order valence-electron chi connectivity index (χ4n) is 1.97. The summed E-state index contributed by atoms with van der Waals surface area (Å²) in [4.78, 5) is 13.8. The second kappa shape index (κ2) is 4.84. The summed E-state index contributed by atoms with van der Waals surface area (Å²) >= 11 is 0. The fraction of sp³-hybridized carbons (Fsp3) is 0.462. The SMILES string of the molecule is Cc1cc(C(=O)N(C)C2CCOC2)ccc1F. The number of rotatable bonds is 2. The largest absolute Gasteiger partial charge is 0.379 e. The van der Waals surface area contributed by atoms with E-state index in [0.717, 1.165) is 6.42 Å². The summed E-state index contributed by atoms with van der Waals surface area (Å²) < 4.78 is 18.4. The van der Waals surface area contributed by atoms with Gasteiger partial charge in [-0.2, -0.15) is 0 Å². The molecule has 0 bridgehead atoms. The van der Waals surface area contributed by atoms with Crippen LogP contribution in [0.2, 0.25) is 0 Å². The van der Waals surface area contributed by atoms with E-state index in [1.807, 2.05) is 0 Å². The van der Waals surface area contributed by atoms with Crippen molar-refractivity contribution < 1.29 is 13.9 Å². The van der Waals surface area contributed by atoms with E-state index in [9.17, 15) is 9.18 Å². The summed E-state index contributed by atoms with van der Waals surface area (Å²) in [6.45, 7) is 2.94. The molecule has 0 N–H and O–H groups in total. The zero-order chi connectivity index (χ0) is 12.4. The molecule has 0 aromatic heterocycles. The fourth-order valence-corrected chi connectivity index (χ4v) is 1.97. The van der Waals surface area contributed by atoms with Crippen LogP contribution in [-0.4, -0.2) is 37.1 Å². The maximum atomic E-state index is 13.1. The molecular weight excluding hydrogens is 221 g/mol. The Morgan fingerprint density at radius 1 is 1.53 bits per heavy atom. The van der Waals surface area contributed by atoms with Crippen LogP contribution >= 0.6 is 0 Å². The number of halogens is 1. The molecule has 1 saturated heterocycles. The number of carbonyl (C=O) groups is 1. The number of hydrogen-bond acceptors (Lipinski definition) is 2. The first-order chi connectivity index (χ1) is 8.09. The summed E-state index contributed by atoms with van der Waals surface area (Å²) in [6, 6.07) is 4.58. The number of carbonyl (C=O) groups excluding carboxylic acids is 1. The van der Waals surface area contributed by atoms with Gasteiger partial charge in [0.1, 0.15) is 5.82 Å². The number of nitrogens with zero attached hydrogens (tertiary/aromatic N) is 1. The van der Waals surface area contributed by atoms with E-state index in [1.165, 1.54) is 12.1 Å². The molecule has 1 unspecified atom stereocenters. The minimum Gasteiger partial charge on any atom is -0.379 e. The monoisotopic (exact) mass is 237 g/mol. The Kier molecular flexibility index (Phi) is 3.43. The molecule has 0 saturated carbocycles.